The van der Waals surface area contributed by atoms with E-state index in [4.69, 9.17) is 5.11 Å². The molecule has 0 fully saturated rings. The maximum Gasteiger partial charge on any atom is 0.258 e. The minimum atomic E-state index is -0.978. The fraction of sp³-hybridized carbons (Fsp3) is 0. The van der Waals surface area contributed by atoms with E-state index >= 15 is 0 Å². The normalized spacial score (nSPS) is 9.44. The average molecular weight is 129 g/mol. The zero-order valence-electron chi connectivity index (χ0n) is 4.39. The summed E-state index contributed by atoms with van der Waals surface area (Å²) in [5, 5.41) is 8.52. The average Bonchev–Trinajstić information content (AvgIpc) is 1.83. The highest BCUT2D eigenvalue weighted by Crippen LogP contribution is 1.95. The van der Waals surface area contributed by atoms with E-state index in [0.717, 1.165) is 12.4 Å². The number of aromatic nitrogens is 1. The summed E-state index contributed by atoms with van der Waals surface area (Å²) in [5.74, 6) is -1.58. The van der Waals surface area contributed by atoms with Gasteiger partial charge in [-0.25, -0.2) is 4.39 Å². The Kier molecular flexibility index (Phi) is 1.22. The van der Waals surface area contributed by atoms with Crippen molar-refractivity contribution >= 4 is 0 Å². The molecule has 0 saturated carbocycles. The predicted octanol–water partition coefficient (Wildman–Crippen LogP) is 0.220. The zero-order valence-corrected chi connectivity index (χ0v) is 4.39. The molecule has 0 aliphatic heterocycles. The molecule has 0 bridgehead atoms. The number of H-pyrrole nitrogens is 1. The van der Waals surface area contributed by atoms with E-state index in [1.165, 1.54) is 0 Å². The molecule has 1 heterocycles. The van der Waals surface area contributed by atoms with Crippen molar-refractivity contribution < 1.29 is 9.50 Å². The summed E-state index contributed by atoms with van der Waals surface area (Å²) >= 11 is 0. The van der Waals surface area contributed by atoms with Gasteiger partial charge in [-0.05, 0) is 0 Å². The highest BCUT2D eigenvalue weighted by molar-refractivity contribution is 5.14. The number of halogens is 1. The van der Waals surface area contributed by atoms with Gasteiger partial charge in [0.25, 0.3) is 5.43 Å². The summed E-state index contributed by atoms with van der Waals surface area (Å²) in [6, 6.07) is 0. The Labute approximate surface area is 49.8 Å². The van der Waals surface area contributed by atoms with Gasteiger partial charge in [-0.3, -0.25) is 4.79 Å². The van der Waals surface area contributed by atoms with Gasteiger partial charge in [0.1, 0.15) is 0 Å². The molecule has 1 rings (SSSR count). The Morgan fingerprint density at radius 3 is 2.67 bits per heavy atom. The zero-order chi connectivity index (χ0) is 6.85. The Morgan fingerprint density at radius 2 is 2.22 bits per heavy atom. The molecule has 1 aromatic heterocycles. The highest BCUT2D eigenvalue weighted by atomic mass is 19.1. The summed E-state index contributed by atoms with van der Waals surface area (Å²) in [7, 11) is 0. The van der Waals surface area contributed by atoms with Crippen molar-refractivity contribution in [3.8, 4) is 5.75 Å². The van der Waals surface area contributed by atoms with Crippen LogP contribution in [0.1, 0.15) is 0 Å². The van der Waals surface area contributed by atoms with Gasteiger partial charge in [-0.2, -0.15) is 0 Å². The largest absolute Gasteiger partial charge is 0.503 e. The maximum absolute atomic E-state index is 12.1. The van der Waals surface area contributed by atoms with E-state index in [1.807, 2.05) is 0 Å². The van der Waals surface area contributed by atoms with Crippen LogP contribution < -0.4 is 5.43 Å². The van der Waals surface area contributed by atoms with Gasteiger partial charge in [0.05, 0.1) is 0 Å². The topological polar surface area (TPSA) is 53.1 Å². The van der Waals surface area contributed by atoms with E-state index < -0.39 is 17.0 Å². The van der Waals surface area contributed by atoms with E-state index in [9.17, 15) is 9.18 Å². The first-order valence-corrected chi connectivity index (χ1v) is 2.27. The first-order valence-electron chi connectivity index (χ1n) is 2.27. The minimum Gasteiger partial charge on any atom is -0.503 e. The third-order valence-corrected chi connectivity index (χ3v) is 0.880. The second kappa shape index (κ2) is 1.89. The van der Waals surface area contributed by atoms with Gasteiger partial charge in [0, 0.05) is 12.4 Å². The molecule has 0 aliphatic carbocycles. The first-order chi connectivity index (χ1) is 4.22. The number of hydrogen-bond acceptors (Lipinski definition) is 2. The van der Waals surface area contributed by atoms with E-state index in [2.05, 4.69) is 4.98 Å². The van der Waals surface area contributed by atoms with Gasteiger partial charge >= 0.3 is 0 Å². The molecule has 0 saturated heterocycles. The lowest BCUT2D eigenvalue weighted by Gasteiger charge is -1.87. The minimum absolute atomic E-state index is 0.602. The van der Waals surface area contributed by atoms with Gasteiger partial charge in [0.15, 0.2) is 11.6 Å². The first kappa shape index (κ1) is 5.81. The molecular formula is C5H4FNO2. The van der Waals surface area contributed by atoms with Crippen molar-refractivity contribution in [1.82, 2.24) is 4.98 Å². The van der Waals surface area contributed by atoms with E-state index in [0.29, 0.717) is 0 Å². The molecule has 3 nitrogen and oxygen atoms in total. The van der Waals surface area contributed by atoms with E-state index in [1.54, 1.807) is 0 Å². The van der Waals surface area contributed by atoms with Crippen molar-refractivity contribution in [1.29, 1.82) is 0 Å². The molecule has 0 aromatic carbocycles. The Bertz CT molecular complexity index is 245. The van der Waals surface area contributed by atoms with Crippen LogP contribution in [0.25, 0.3) is 0 Å². The van der Waals surface area contributed by atoms with Crippen LogP contribution in [0.4, 0.5) is 4.39 Å². The number of nitrogens with one attached hydrogen (secondary N) is 1. The number of aromatic amines is 1. The van der Waals surface area contributed by atoms with Crippen molar-refractivity contribution in [2.45, 2.75) is 0 Å². The fourth-order valence-corrected chi connectivity index (χ4v) is 0.447. The van der Waals surface area contributed by atoms with Crippen LogP contribution in [0.2, 0.25) is 0 Å². The molecule has 0 radical (unpaired) electrons. The van der Waals surface area contributed by atoms with Gasteiger partial charge in [-0.15, -0.1) is 0 Å². The number of hydrogen-bond donors (Lipinski definition) is 2. The lowest BCUT2D eigenvalue weighted by molar-refractivity contribution is 0.457. The molecule has 9 heavy (non-hydrogen) atoms. The quantitative estimate of drug-likeness (QED) is 0.526. The number of rotatable bonds is 0. The van der Waals surface area contributed by atoms with Crippen LogP contribution in [0.5, 0.6) is 5.75 Å². The summed E-state index contributed by atoms with van der Waals surface area (Å²) < 4.78 is 12.1. The summed E-state index contributed by atoms with van der Waals surface area (Å²) in [5.41, 5.74) is -0.978. The smallest absolute Gasteiger partial charge is 0.258 e. The molecule has 2 N–H and O–H groups in total. The van der Waals surface area contributed by atoms with Crippen LogP contribution in [-0.4, -0.2) is 10.1 Å². The molecule has 0 spiro atoms. The Morgan fingerprint density at radius 1 is 1.56 bits per heavy atom. The van der Waals surface area contributed by atoms with E-state index in [-0.39, 0.29) is 0 Å². The molecule has 0 aliphatic rings. The molecule has 1 aromatic rings. The third-order valence-electron chi connectivity index (χ3n) is 0.880. The summed E-state index contributed by atoms with van der Waals surface area (Å²) in [6.45, 7) is 0. The highest BCUT2D eigenvalue weighted by Gasteiger charge is 1.99. The lowest BCUT2D eigenvalue weighted by Crippen LogP contribution is -2.04. The van der Waals surface area contributed by atoms with Crippen LogP contribution in [0.3, 0.4) is 0 Å². The van der Waals surface area contributed by atoms with Crippen molar-refractivity contribution in [3.05, 3.63) is 28.4 Å². The van der Waals surface area contributed by atoms with Gasteiger partial charge in [0.2, 0.25) is 0 Å². The number of pyridine rings is 1. The van der Waals surface area contributed by atoms with Gasteiger partial charge < -0.3 is 10.1 Å². The molecule has 0 atom stereocenters. The van der Waals surface area contributed by atoms with Crippen LogP contribution >= 0.6 is 0 Å². The Balaban J connectivity index is 3.43. The molecule has 48 valence electrons. The predicted molar refractivity (Wildman–Crippen MR) is 28.7 cm³/mol. The molecule has 0 unspecified atom stereocenters. The standard InChI is InChI=1S/C5H4FNO2/c6-3-1-7-2-4(8)5(3)9/h1-2,8H,(H,7,9). The second-order valence-corrected chi connectivity index (χ2v) is 1.52. The van der Waals surface area contributed by atoms with Gasteiger partial charge in [-0.1, -0.05) is 0 Å². The van der Waals surface area contributed by atoms with Crippen LogP contribution in [-0.2, 0) is 0 Å². The summed E-state index contributed by atoms with van der Waals surface area (Å²) in [4.78, 5) is 12.6. The molecule has 0 amide bonds. The second-order valence-electron chi connectivity index (χ2n) is 1.52. The molecule has 4 heteroatoms. The number of aromatic hydroxyl groups is 1. The fourth-order valence-electron chi connectivity index (χ4n) is 0.447. The summed E-state index contributed by atoms with van der Waals surface area (Å²) in [6.07, 6.45) is 1.90. The van der Waals surface area contributed by atoms with Crippen LogP contribution in [0.15, 0.2) is 17.2 Å². The Hall–Kier alpha value is -1.32. The van der Waals surface area contributed by atoms with Crippen molar-refractivity contribution in [2.24, 2.45) is 0 Å². The maximum atomic E-state index is 12.1. The monoisotopic (exact) mass is 129 g/mol. The lowest BCUT2D eigenvalue weighted by atomic mass is 10.4. The SMILES string of the molecule is O=c1c(O)c[nH]cc1F. The van der Waals surface area contributed by atoms with Crippen LogP contribution in [0, 0.1) is 5.82 Å². The van der Waals surface area contributed by atoms with Crippen molar-refractivity contribution in [3.63, 3.8) is 0 Å². The van der Waals surface area contributed by atoms with Crippen molar-refractivity contribution in [2.75, 3.05) is 0 Å². The third kappa shape index (κ3) is 0.910. The molecular weight excluding hydrogens is 125 g/mol.